The molecular weight excluding hydrogens is 435 g/mol. The molecule has 0 aliphatic heterocycles. The van der Waals surface area contributed by atoms with Crippen molar-refractivity contribution < 1.29 is 14.3 Å². The largest absolute Gasteiger partial charge is 0.497 e. The van der Waals surface area contributed by atoms with Crippen molar-refractivity contribution in [1.29, 1.82) is 0 Å². The molecule has 0 radical (unpaired) electrons. The molecule has 0 saturated heterocycles. The number of nitrogens with two attached hydrogens (primary N) is 1. The maximum absolute atomic E-state index is 12.5. The molecule has 0 atom stereocenters. The van der Waals surface area contributed by atoms with E-state index in [4.69, 9.17) is 45.9 Å². The number of amides is 1. The van der Waals surface area contributed by atoms with Crippen LogP contribution in [0.15, 0.2) is 47.6 Å². The summed E-state index contributed by atoms with van der Waals surface area (Å²) in [7, 11) is 1.54. The summed E-state index contributed by atoms with van der Waals surface area (Å²) < 4.78 is 5.08. The molecule has 0 aliphatic rings. The molecule has 4 N–H and O–H groups in total. The Balaban J connectivity index is 2.09. The van der Waals surface area contributed by atoms with Crippen LogP contribution in [0.2, 0.25) is 10.0 Å². The smallest absolute Gasteiger partial charge is 0.230 e. The Kier molecular flexibility index (Phi) is 8.38. The number of ether oxygens (including phenoxy) is 1. The van der Waals surface area contributed by atoms with Crippen LogP contribution in [-0.2, 0) is 4.79 Å². The zero-order chi connectivity index (χ0) is 21.4. The summed E-state index contributed by atoms with van der Waals surface area (Å²) in [5.41, 5.74) is 8.98. The first-order valence-corrected chi connectivity index (χ1v) is 9.48. The van der Waals surface area contributed by atoms with Gasteiger partial charge in [0.05, 0.1) is 35.7 Å². The van der Waals surface area contributed by atoms with Gasteiger partial charge in [-0.05, 0) is 54.7 Å². The number of rotatable bonds is 8. The summed E-state index contributed by atoms with van der Waals surface area (Å²) in [6.07, 6.45) is -0.255. The number of carbonyl (C=O) groups is 2. The maximum atomic E-state index is 12.5. The molecule has 0 aromatic heterocycles. The van der Waals surface area contributed by atoms with E-state index >= 15 is 0 Å². The van der Waals surface area contributed by atoms with Crippen molar-refractivity contribution in [2.24, 2.45) is 10.8 Å². The van der Waals surface area contributed by atoms with E-state index in [1.54, 1.807) is 36.4 Å². The Hall–Kier alpha value is -2.68. The standard InChI is InChI=1S/C19H18Cl2N4O3S/c1-28-14-5-2-11(3-6-14)17(26)9-13(24-25-19(22)29)10-18(27)23-12-4-7-15(20)16(21)8-12/h2-8H,9-10H2,1H3,(H,23,27)(H3,22,25,29)/b24-13-. The summed E-state index contributed by atoms with van der Waals surface area (Å²) in [5.74, 6) is 0.0134. The van der Waals surface area contributed by atoms with E-state index in [-0.39, 0.29) is 29.4 Å². The number of hydrogen-bond donors (Lipinski definition) is 3. The summed E-state index contributed by atoms with van der Waals surface area (Å²) in [4.78, 5) is 24.9. The third-order valence-corrected chi connectivity index (χ3v) is 4.50. The van der Waals surface area contributed by atoms with Crippen LogP contribution in [0, 0.1) is 0 Å². The molecule has 10 heteroatoms. The zero-order valence-corrected chi connectivity index (χ0v) is 17.7. The van der Waals surface area contributed by atoms with Crippen molar-refractivity contribution in [3.63, 3.8) is 0 Å². The number of thiocarbonyl (C=S) groups is 1. The number of Topliss-reactive ketones (excluding diaryl/α,β-unsaturated/α-hetero) is 1. The van der Waals surface area contributed by atoms with E-state index < -0.39 is 5.91 Å². The number of carbonyl (C=O) groups excluding carboxylic acids is 2. The summed E-state index contributed by atoms with van der Waals surface area (Å²) >= 11 is 16.5. The van der Waals surface area contributed by atoms with E-state index in [0.717, 1.165) is 0 Å². The number of hydrogen-bond acceptors (Lipinski definition) is 5. The highest BCUT2D eigenvalue weighted by Crippen LogP contribution is 2.25. The molecule has 0 saturated carbocycles. The van der Waals surface area contributed by atoms with Gasteiger partial charge in [-0.3, -0.25) is 15.0 Å². The topological polar surface area (TPSA) is 106 Å². The van der Waals surface area contributed by atoms with Gasteiger partial charge in [-0.1, -0.05) is 23.2 Å². The normalized spacial score (nSPS) is 10.9. The first kappa shape index (κ1) is 22.6. The van der Waals surface area contributed by atoms with Crippen LogP contribution in [0.1, 0.15) is 23.2 Å². The molecule has 2 aromatic rings. The van der Waals surface area contributed by atoms with Gasteiger partial charge < -0.3 is 15.8 Å². The summed E-state index contributed by atoms with van der Waals surface area (Å²) in [6, 6.07) is 11.3. The third-order valence-electron chi connectivity index (χ3n) is 3.67. The van der Waals surface area contributed by atoms with Gasteiger partial charge in [0.15, 0.2) is 10.9 Å². The fourth-order valence-corrected chi connectivity index (χ4v) is 2.65. The highest BCUT2D eigenvalue weighted by molar-refractivity contribution is 7.80. The number of benzene rings is 2. The second kappa shape index (κ2) is 10.8. The van der Waals surface area contributed by atoms with Gasteiger partial charge in [0.25, 0.3) is 0 Å². The molecule has 0 aliphatic carbocycles. The van der Waals surface area contributed by atoms with Gasteiger partial charge in [0.1, 0.15) is 5.75 Å². The molecule has 0 fully saturated rings. The van der Waals surface area contributed by atoms with Crippen LogP contribution in [0.25, 0.3) is 0 Å². The Labute approximate surface area is 183 Å². The maximum Gasteiger partial charge on any atom is 0.230 e. The van der Waals surface area contributed by atoms with E-state index in [2.05, 4.69) is 15.8 Å². The van der Waals surface area contributed by atoms with Gasteiger partial charge in [0, 0.05) is 11.3 Å². The van der Waals surface area contributed by atoms with Gasteiger partial charge in [-0.15, -0.1) is 0 Å². The zero-order valence-electron chi connectivity index (χ0n) is 15.4. The Morgan fingerprint density at radius 2 is 1.79 bits per heavy atom. The molecule has 1 amide bonds. The molecule has 0 spiro atoms. The van der Waals surface area contributed by atoms with E-state index in [0.29, 0.717) is 27.0 Å². The van der Waals surface area contributed by atoms with E-state index in [1.807, 2.05) is 0 Å². The monoisotopic (exact) mass is 452 g/mol. The average Bonchev–Trinajstić information content (AvgIpc) is 2.69. The first-order valence-electron chi connectivity index (χ1n) is 8.31. The second-order valence-electron chi connectivity index (χ2n) is 5.84. The van der Waals surface area contributed by atoms with Crippen LogP contribution in [0.3, 0.4) is 0 Å². The van der Waals surface area contributed by atoms with Crippen LogP contribution < -0.4 is 21.2 Å². The van der Waals surface area contributed by atoms with Gasteiger partial charge >= 0.3 is 0 Å². The minimum atomic E-state index is -0.394. The summed E-state index contributed by atoms with van der Waals surface area (Å²) in [6.45, 7) is 0. The molecule has 0 bridgehead atoms. The Bertz CT molecular complexity index is 949. The van der Waals surface area contributed by atoms with Crippen molar-refractivity contribution in [3.8, 4) is 5.75 Å². The third kappa shape index (κ3) is 7.34. The minimum absolute atomic E-state index is 0.0794. The van der Waals surface area contributed by atoms with Crippen molar-refractivity contribution in [3.05, 3.63) is 58.1 Å². The van der Waals surface area contributed by atoms with Crippen molar-refractivity contribution in [1.82, 2.24) is 5.43 Å². The fourth-order valence-electron chi connectivity index (χ4n) is 2.30. The van der Waals surface area contributed by atoms with Crippen LogP contribution in [0.5, 0.6) is 5.75 Å². The molecule has 2 rings (SSSR count). The quantitative estimate of drug-likeness (QED) is 0.243. The lowest BCUT2D eigenvalue weighted by atomic mass is 10.0. The number of nitrogens with zero attached hydrogens (tertiary/aromatic N) is 1. The van der Waals surface area contributed by atoms with Crippen molar-refractivity contribution in [2.45, 2.75) is 12.8 Å². The lowest BCUT2D eigenvalue weighted by Crippen LogP contribution is -2.27. The molecule has 29 heavy (non-hydrogen) atoms. The van der Waals surface area contributed by atoms with Crippen LogP contribution in [0.4, 0.5) is 5.69 Å². The summed E-state index contributed by atoms with van der Waals surface area (Å²) in [5, 5.41) is 7.26. The molecule has 152 valence electrons. The molecule has 0 unspecified atom stereocenters. The Morgan fingerprint density at radius 1 is 1.10 bits per heavy atom. The average molecular weight is 453 g/mol. The number of methoxy groups -OCH3 is 1. The number of halogens is 2. The van der Waals surface area contributed by atoms with Gasteiger partial charge in [0.2, 0.25) is 5.91 Å². The molecule has 2 aromatic carbocycles. The number of anilines is 1. The lowest BCUT2D eigenvalue weighted by Gasteiger charge is -2.09. The Morgan fingerprint density at radius 3 is 2.38 bits per heavy atom. The van der Waals surface area contributed by atoms with Gasteiger partial charge in [-0.25, -0.2) is 0 Å². The highest BCUT2D eigenvalue weighted by Gasteiger charge is 2.15. The molecular formula is C19H18Cl2N4O3S. The predicted molar refractivity (Wildman–Crippen MR) is 119 cm³/mol. The highest BCUT2D eigenvalue weighted by atomic mass is 35.5. The van der Waals surface area contributed by atoms with Crippen molar-refractivity contribution in [2.75, 3.05) is 12.4 Å². The number of ketones is 1. The fraction of sp³-hybridized carbons (Fsp3) is 0.158. The second-order valence-corrected chi connectivity index (χ2v) is 7.09. The molecule has 7 nitrogen and oxygen atoms in total. The lowest BCUT2D eigenvalue weighted by molar-refractivity contribution is -0.115. The minimum Gasteiger partial charge on any atom is -0.497 e. The van der Waals surface area contributed by atoms with Crippen LogP contribution >= 0.6 is 35.4 Å². The van der Waals surface area contributed by atoms with E-state index in [1.165, 1.54) is 13.2 Å². The predicted octanol–water partition coefficient (Wildman–Crippen LogP) is 3.79. The first-order chi connectivity index (χ1) is 13.8. The number of nitrogens with one attached hydrogen (secondary N) is 2. The van der Waals surface area contributed by atoms with Crippen molar-refractivity contribution >= 4 is 63.6 Å². The SMILES string of the molecule is COc1ccc(C(=O)C/C(CC(=O)Nc2ccc(Cl)c(Cl)c2)=N/NC(N)=S)cc1. The van der Waals surface area contributed by atoms with Crippen LogP contribution in [-0.4, -0.2) is 29.6 Å². The van der Waals surface area contributed by atoms with Gasteiger partial charge in [-0.2, -0.15) is 5.10 Å². The number of hydrazone groups is 1. The van der Waals surface area contributed by atoms with E-state index in [9.17, 15) is 9.59 Å². The molecule has 0 heterocycles.